The van der Waals surface area contributed by atoms with Crippen LogP contribution in [-0.2, 0) is 10.0 Å². The van der Waals surface area contributed by atoms with Gasteiger partial charge in [-0.25, -0.2) is 13.1 Å². The van der Waals surface area contributed by atoms with Crippen molar-refractivity contribution >= 4 is 15.9 Å². The van der Waals surface area contributed by atoms with Gasteiger partial charge in [0.2, 0.25) is 10.0 Å². The number of hydrogen-bond donors (Lipinski definition) is 3. The van der Waals surface area contributed by atoms with Crippen LogP contribution in [0.15, 0.2) is 29.2 Å². The van der Waals surface area contributed by atoms with Crippen molar-refractivity contribution in [2.45, 2.75) is 37.1 Å². The van der Waals surface area contributed by atoms with Crippen LogP contribution in [0.2, 0.25) is 0 Å². The van der Waals surface area contributed by atoms with Gasteiger partial charge in [-0.05, 0) is 37.1 Å². The molecule has 0 fully saturated rings. The fourth-order valence-corrected chi connectivity index (χ4v) is 2.89. The quantitative estimate of drug-likeness (QED) is 0.694. The molecule has 1 aromatic rings. The Labute approximate surface area is 126 Å². The van der Waals surface area contributed by atoms with Crippen LogP contribution in [0.1, 0.15) is 37.0 Å². The third-order valence-corrected chi connectivity index (χ3v) is 5.09. The molecular weight excluding hydrogens is 290 g/mol. The second kappa shape index (κ2) is 7.02. The summed E-state index contributed by atoms with van der Waals surface area (Å²) in [4.78, 5) is 11.5. The Kier molecular flexibility index (Phi) is 5.88. The SMILES string of the molecule is CCC(N)(CC)CNS(=O)(=O)c1ccc(C(=O)NC)cc1. The lowest BCUT2D eigenvalue weighted by Crippen LogP contribution is -2.49. The molecule has 0 bridgehead atoms. The molecule has 0 aliphatic heterocycles. The molecule has 0 atom stereocenters. The number of amides is 1. The smallest absolute Gasteiger partial charge is 0.251 e. The van der Waals surface area contributed by atoms with Crippen LogP contribution < -0.4 is 15.8 Å². The molecule has 6 nitrogen and oxygen atoms in total. The van der Waals surface area contributed by atoms with E-state index >= 15 is 0 Å². The minimum absolute atomic E-state index is 0.115. The van der Waals surface area contributed by atoms with Gasteiger partial charge in [0.25, 0.3) is 5.91 Å². The Morgan fingerprint density at radius 1 is 1.19 bits per heavy atom. The summed E-state index contributed by atoms with van der Waals surface area (Å²) in [5.41, 5.74) is 5.95. The maximum atomic E-state index is 12.2. The molecule has 118 valence electrons. The first-order valence-electron chi connectivity index (χ1n) is 6.88. The zero-order chi connectivity index (χ0) is 16.1. The van der Waals surface area contributed by atoms with E-state index in [1.54, 1.807) is 0 Å². The molecule has 1 amide bonds. The van der Waals surface area contributed by atoms with Crippen molar-refractivity contribution in [3.05, 3.63) is 29.8 Å². The van der Waals surface area contributed by atoms with Gasteiger partial charge in [-0.3, -0.25) is 4.79 Å². The molecular formula is C14H23N3O3S. The first-order chi connectivity index (χ1) is 9.78. The van der Waals surface area contributed by atoms with Crippen molar-refractivity contribution in [1.29, 1.82) is 0 Å². The van der Waals surface area contributed by atoms with Crippen molar-refractivity contribution in [3.63, 3.8) is 0 Å². The van der Waals surface area contributed by atoms with Crippen LogP contribution >= 0.6 is 0 Å². The second-order valence-electron chi connectivity index (χ2n) is 5.00. The van der Waals surface area contributed by atoms with Crippen molar-refractivity contribution in [1.82, 2.24) is 10.0 Å². The second-order valence-corrected chi connectivity index (χ2v) is 6.76. The fourth-order valence-electron chi connectivity index (χ4n) is 1.75. The number of carbonyl (C=O) groups is 1. The van der Waals surface area contributed by atoms with Gasteiger partial charge in [0.15, 0.2) is 0 Å². The standard InChI is InChI=1S/C14H23N3O3S/c1-4-14(15,5-2)10-17-21(19,20)12-8-6-11(7-9-12)13(18)16-3/h6-9,17H,4-5,10,15H2,1-3H3,(H,16,18). The number of benzene rings is 1. The van der Waals surface area contributed by atoms with E-state index in [0.717, 1.165) is 0 Å². The van der Waals surface area contributed by atoms with Crippen molar-refractivity contribution in [2.24, 2.45) is 5.73 Å². The summed E-state index contributed by atoms with van der Waals surface area (Å²) in [6, 6.07) is 5.76. The molecule has 0 aliphatic rings. The summed E-state index contributed by atoms with van der Waals surface area (Å²) in [5.74, 6) is -0.259. The number of nitrogens with two attached hydrogens (primary N) is 1. The topological polar surface area (TPSA) is 101 Å². The third kappa shape index (κ3) is 4.52. The Morgan fingerprint density at radius 3 is 2.14 bits per heavy atom. The number of sulfonamides is 1. The molecule has 0 unspecified atom stereocenters. The van der Waals surface area contributed by atoms with Crippen molar-refractivity contribution < 1.29 is 13.2 Å². The lowest BCUT2D eigenvalue weighted by Gasteiger charge is -2.26. The summed E-state index contributed by atoms with van der Waals surface area (Å²) in [5, 5.41) is 2.48. The van der Waals surface area contributed by atoms with E-state index in [0.29, 0.717) is 18.4 Å². The molecule has 0 saturated carbocycles. The third-order valence-electron chi connectivity index (χ3n) is 3.68. The summed E-state index contributed by atoms with van der Waals surface area (Å²) in [7, 11) is -2.11. The molecule has 0 radical (unpaired) electrons. The van der Waals surface area contributed by atoms with E-state index in [9.17, 15) is 13.2 Å². The highest BCUT2D eigenvalue weighted by Crippen LogP contribution is 2.14. The zero-order valence-corrected chi connectivity index (χ0v) is 13.5. The summed E-state index contributed by atoms with van der Waals surface area (Å²) >= 11 is 0. The minimum Gasteiger partial charge on any atom is -0.355 e. The van der Waals surface area contributed by atoms with Gasteiger partial charge in [0.05, 0.1) is 4.90 Å². The first kappa shape index (κ1) is 17.6. The molecule has 0 aliphatic carbocycles. The Morgan fingerprint density at radius 2 is 1.71 bits per heavy atom. The molecule has 0 heterocycles. The van der Waals surface area contributed by atoms with Gasteiger partial charge in [-0.15, -0.1) is 0 Å². The highest BCUT2D eigenvalue weighted by molar-refractivity contribution is 7.89. The number of hydrogen-bond acceptors (Lipinski definition) is 4. The molecule has 0 aromatic heterocycles. The van der Waals surface area contributed by atoms with Gasteiger partial charge in [0.1, 0.15) is 0 Å². The van der Waals surface area contributed by atoms with E-state index in [1.807, 2.05) is 13.8 Å². The number of carbonyl (C=O) groups excluding carboxylic acids is 1. The lowest BCUT2D eigenvalue weighted by molar-refractivity contribution is 0.0963. The average Bonchev–Trinajstić information content (AvgIpc) is 2.52. The number of nitrogens with one attached hydrogen (secondary N) is 2. The lowest BCUT2D eigenvalue weighted by atomic mass is 9.95. The molecule has 4 N–H and O–H groups in total. The summed E-state index contributed by atoms with van der Waals surface area (Å²) < 4.78 is 26.9. The monoisotopic (exact) mass is 313 g/mol. The van der Waals surface area contributed by atoms with Gasteiger partial charge in [-0.1, -0.05) is 13.8 Å². The van der Waals surface area contributed by atoms with Crippen LogP contribution in [0.5, 0.6) is 0 Å². The van der Waals surface area contributed by atoms with Crippen LogP contribution in [-0.4, -0.2) is 33.5 Å². The van der Waals surface area contributed by atoms with Crippen LogP contribution in [0.25, 0.3) is 0 Å². The highest BCUT2D eigenvalue weighted by Gasteiger charge is 2.24. The highest BCUT2D eigenvalue weighted by atomic mass is 32.2. The maximum absolute atomic E-state index is 12.2. The first-order valence-corrected chi connectivity index (χ1v) is 8.37. The molecule has 0 saturated heterocycles. The fraction of sp³-hybridized carbons (Fsp3) is 0.500. The van der Waals surface area contributed by atoms with E-state index < -0.39 is 15.6 Å². The number of rotatable bonds is 7. The predicted octanol–water partition coefficient (Wildman–Crippen LogP) is 0.842. The minimum atomic E-state index is -3.62. The van der Waals surface area contributed by atoms with Gasteiger partial charge in [0, 0.05) is 24.7 Å². The Bertz CT molecular complexity index is 578. The van der Waals surface area contributed by atoms with Gasteiger partial charge in [-0.2, -0.15) is 0 Å². The van der Waals surface area contributed by atoms with Gasteiger partial charge >= 0.3 is 0 Å². The molecule has 1 aromatic carbocycles. The zero-order valence-electron chi connectivity index (χ0n) is 12.6. The van der Waals surface area contributed by atoms with E-state index in [-0.39, 0.29) is 17.3 Å². The Hall–Kier alpha value is -1.44. The van der Waals surface area contributed by atoms with Crippen molar-refractivity contribution in [2.75, 3.05) is 13.6 Å². The molecule has 0 spiro atoms. The summed E-state index contributed by atoms with van der Waals surface area (Å²) in [6.07, 6.45) is 1.36. The predicted molar refractivity (Wildman–Crippen MR) is 82.5 cm³/mol. The van der Waals surface area contributed by atoms with E-state index in [1.165, 1.54) is 31.3 Å². The molecule has 7 heteroatoms. The largest absolute Gasteiger partial charge is 0.355 e. The van der Waals surface area contributed by atoms with Gasteiger partial charge < -0.3 is 11.1 Å². The Balaban J connectivity index is 2.86. The molecule has 21 heavy (non-hydrogen) atoms. The van der Waals surface area contributed by atoms with Crippen LogP contribution in [0.4, 0.5) is 0 Å². The maximum Gasteiger partial charge on any atom is 0.251 e. The van der Waals surface area contributed by atoms with Crippen LogP contribution in [0.3, 0.4) is 0 Å². The van der Waals surface area contributed by atoms with E-state index in [2.05, 4.69) is 10.0 Å². The van der Waals surface area contributed by atoms with Crippen LogP contribution in [0, 0.1) is 0 Å². The molecule has 1 rings (SSSR count). The average molecular weight is 313 g/mol. The normalized spacial score (nSPS) is 12.2. The van der Waals surface area contributed by atoms with Crippen molar-refractivity contribution in [3.8, 4) is 0 Å². The van der Waals surface area contributed by atoms with E-state index in [4.69, 9.17) is 5.73 Å². The summed E-state index contributed by atoms with van der Waals surface area (Å²) in [6.45, 7) is 4.03.